The summed E-state index contributed by atoms with van der Waals surface area (Å²) in [6.45, 7) is 5.16. The van der Waals surface area contributed by atoms with E-state index in [4.69, 9.17) is 0 Å². The predicted octanol–water partition coefficient (Wildman–Crippen LogP) is 3.69. The molecule has 142 valence electrons. The Balaban J connectivity index is 2.10. The summed E-state index contributed by atoms with van der Waals surface area (Å²) in [5.74, 6) is -0.637. The van der Waals surface area contributed by atoms with Crippen molar-refractivity contribution in [2.45, 2.75) is 26.8 Å². The summed E-state index contributed by atoms with van der Waals surface area (Å²) in [6.07, 6.45) is 0. The molecule has 8 nitrogen and oxygen atoms in total. The number of nitrogens with one attached hydrogen (secondary N) is 3. The summed E-state index contributed by atoms with van der Waals surface area (Å²) in [4.78, 5) is 35.4. The van der Waals surface area contributed by atoms with Gasteiger partial charge in [0.15, 0.2) is 0 Å². The third-order valence-corrected chi connectivity index (χ3v) is 4.03. The number of carbonyl (C=O) groups excluding carboxylic acids is 2. The number of nitro benzene ring substituents is 1. The number of urea groups is 1. The Morgan fingerprint density at radius 2 is 1.67 bits per heavy atom. The average Bonchev–Trinajstić information content (AvgIpc) is 2.61. The van der Waals surface area contributed by atoms with Crippen LogP contribution in [0.3, 0.4) is 0 Å². The van der Waals surface area contributed by atoms with Gasteiger partial charge in [-0.15, -0.1) is 0 Å². The molecular weight excluding hydrogens is 348 g/mol. The fraction of sp³-hybridized carbons (Fsp3) is 0.263. The van der Waals surface area contributed by atoms with E-state index in [1.54, 1.807) is 51.1 Å². The summed E-state index contributed by atoms with van der Waals surface area (Å²) in [5.41, 5.74) is 1.22. The molecule has 0 saturated heterocycles. The van der Waals surface area contributed by atoms with E-state index in [2.05, 4.69) is 16.0 Å². The van der Waals surface area contributed by atoms with Crippen molar-refractivity contribution in [3.05, 3.63) is 64.2 Å². The third kappa shape index (κ3) is 5.27. The Morgan fingerprint density at radius 3 is 2.26 bits per heavy atom. The van der Waals surface area contributed by atoms with Gasteiger partial charge < -0.3 is 16.0 Å². The number of amides is 3. The number of hydrogen-bond donors (Lipinski definition) is 3. The second-order valence-electron chi connectivity index (χ2n) is 6.38. The van der Waals surface area contributed by atoms with Crippen molar-refractivity contribution in [3.63, 3.8) is 0 Å². The molecule has 0 aromatic heterocycles. The highest BCUT2D eigenvalue weighted by atomic mass is 16.6. The van der Waals surface area contributed by atoms with E-state index in [0.717, 1.165) is 0 Å². The molecule has 0 heterocycles. The predicted molar refractivity (Wildman–Crippen MR) is 104 cm³/mol. The van der Waals surface area contributed by atoms with Gasteiger partial charge in [-0.05, 0) is 31.0 Å². The van der Waals surface area contributed by atoms with Gasteiger partial charge in [0, 0.05) is 11.8 Å². The van der Waals surface area contributed by atoms with Crippen molar-refractivity contribution in [2.75, 3.05) is 10.6 Å². The minimum atomic E-state index is -0.813. The third-order valence-electron chi connectivity index (χ3n) is 4.03. The Kier molecular flexibility index (Phi) is 6.48. The van der Waals surface area contributed by atoms with E-state index in [-0.39, 0.29) is 11.6 Å². The van der Waals surface area contributed by atoms with Crippen molar-refractivity contribution in [3.8, 4) is 0 Å². The molecule has 1 unspecified atom stereocenters. The molecule has 0 radical (unpaired) electrons. The van der Waals surface area contributed by atoms with Gasteiger partial charge in [0.1, 0.15) is 6.04 Å². The normalized spacial score (nSPS) is 11.6. The zero-order chi connectivity index (χ0) is 20.0. The second-order valence-corrected chi connectivity index (χ2v) is 6.38. The SMILES string of the molecule is Cc1c(NC(=O)C(NC(=O)Nc2ccccc2)C(C)C)cccc1[N+](=O)[O-]. The highest BCUT2D eigenvalue weighted by molar-refractivity contribution is 6.00. The number of nitro groups is 1. The van der Waals surface area contributed by atoms with Gasteiger partial charge in [-0.3, -0.25) is 14.9 Å². The van der Waals surface area contributed by atoms with Crippen LogP contribution in [0.4, 0.5) is 21.9 Å². The zero-order valence-electron chi connectivity index (χ0n) is 15.4. The van der Waals surface area contributed by atoms with Crippen LogP contribution in [0, 0.1) is 23.0 Å². The molecule has 3 amide bonds. The summed E-state index contributed by atoms with van der Waals surface area (Å²) in [5, 5.41) is 19.0. The highest BCUT2D eigenvalue weighted by Gasteiger charge is 2.25. The molecule has 0 bridgehead atoms. The van der Waals surface area contributed by atoms with Gasteiger partial charge in [0.2, 0.25) is 5.91 Å². The van der Waals surface area contributed by atoms with Crippen molar-refractivity contribution in [1.29, 1.82) is 0 Å². The van der Waals surface area contributed by atoms with Crippen molar-refractivity contribution < 1.29 is 14.5 Å². The number of carbonyl (C=O) groups is 2. The number of rotatable bonds is 6. The Morgan fingerprint density at radius 1 is 1.00 bits per heavy atom. The molecule has 8 heteroatoms. The van der Waals surface area contributed by atoms with E-state index in [1.165, 1.54) is 12.1 Å². The largest absolute Gasteiger partial charge is 0.326 e. The molecule has 27 heavy (non-hydrogen) atoms. The van der Waals surface area contributed by atoms with E-state index >= 15 is 0 Å². The smallest absolute Gasteiger partial charge is 0.319 e. The number of hydrogen-bond acceptors (Lipinski definition) is 4. The number of nitrogens with zero attached hydrogens (tertiary/aromatic N) is 1. The standard InChI is InChI=1S/C19H22N4O4/c1-12(2)17(22-19(25)20-14-8-5-4-6-9-14)18(24)21-15-10-7-11-16(13(15)3)23(26)27/h4-12,17H,1-3H3,(H,21,24)(H2,20,22,25). The number of anilines is 2. The van der Waals surface area contributed by atoms with E-state index in [0.29, 0.717) is 16.9 Å². The highest BCUT2D eigenvalue weighted by Crippen LogP contribution is 2.25. The van der Waals surface area contributed by atoms with Crippen molar-refractivity contribution in [2.24, 2.45) is 5.92 Å². The molecule has 0 spiro atoms. The van der Waals surface area contributed by atoms with Gasteiger partial charge in [0.05, 0.1) is 16.2 Å². The molecule has 2 aromatic carbocycles. The molecule has 3 N–H and O–H groups in total. The van der Waals surface area contributed by atoms with Crippen molar-refractivity contribution in [1.82, 2.24) is 5.32 Å². The molecule has 1 atom stereocenters. The van der Waals surface area contributed by atoms with Gasteiger partial charge in [-0.2, -0.15) is 0 Å². The van der Waals surface area contributed by atoms with Gasteiger partial charge in [-0.1, -0.05) is 38.1 Å². The van der Waals surface area contributed by atoms with Crippen LogP contribution in [0.2, 0.25) is 0 Å². The first-order chi connectivity index (χ1) is 12.8. The fourth-order valence-corrected chi connectivity index (χ4v) is 2.53. The molecule has 0 aliphatic rings. The van der Waals surface area contributed by atoms with Crippen LogP contribution in [0.5, 0.6) is 0 Å². The van der Waals surface area contributed by atoms with Crippen LogP contribution in [-0.2, 0) is 4.79 Å². The van der Waals surface area contributed by atoms with Gasteiger partial charge in [0.25, 0.3) is 5.69 Å². The maximum atomic E-state index is 12.7. The Hall–Kier alpha value is -3.42. The first-order valence-corrected chi connectivity index (χ1v) is 8.47. The Bertz CT molecular complexity index is 837. The fourth-order valence-electron chi connectivity index (χ4n) is 2.53. The minimum absolute atomic E-state index is 0.0799. The summed E-state index contributed by atoms with van der Waals surface area (Å²) < 4.78 is 0. The van der Waals surface area contributed by atoms with Crippen LogP contribution >= 0.6 is 0 Å². The monoisotopic (exact) mass is 370 g/mol. The maximum absolute atomic E-state index is 12.7. The lowest BCUT2D eigenvalue weighted by atomic mass is 10.0. The summed E-state index contributed by atoms with van der Waals surface area (Å²) >= 11 is 0. The maximum Gasteiger partial charge on any atom is 0.319 e. The molecule has 0 aliphatic heterocycles. The van der Waals surface area contributed by atoms with Crippen LogP contribution in [0.25, 0.3) is 0 Å². The average molecular weight is 370 g/mol. The number of benzene rings is 2. The van der Waals surface area contributed by atoms with Crippen LogP contribution < -0.4 is 16.0 Å². The van der Waals surface area contributed by atoms with Crippen LogP contribution in [0.15, 0.2) is 48.5 Å². The first-order valence-electron chi connectivity index (χ1n) is 8.47. The zero-order valence-corrected chi connectivity index (χ0v) is 15.4. The van der Waals surface area contributed by atoms with Crippen molar-refractivity contribution >= 4 is 29.0 Å². The second kappa shape index (κ2) is 8.79. The quantitative estimate of drug-likeness (QED) is 0.531. The van der Waals surface area contributed by atoms with Crippen LogP contribution in [0.1, 0.15) is 19.4 Å². The molecule has 2 aromatic rings. The van der Waals surface area contributed by atoms with Gasteiger partial charge >= 0.3 is 6.03 Å². The topological polar surface area (TPSA) is 113 Å². The molecule has 0 aliphatic carbocycles. The lowest BCUT2D eigenvalue weighted by Gasteiger charge is -2.22. The minimum Gasteiger partial charge on any atom is -0.326 e. The van der Waals surface area contributed by atoms with E-state index in [9.17, 15) is 19.7 Å². The molecular formula is C19H22N4O4. The lowest BCUT2D eigenvalue weighted by molar-refractivity contribution is -0.385. The lowest BCUT2D eigenvalue weighted by Crippen LogP contribution is -2.48. The van der Waals surface area contributed by atoms with E-state index in [1.807, 2.05) is 6.07 Å². The first kappa shape index (κ1) is 19.9. The molecule has 2 rings (SSSR count). The van der Waals surface area contributed by atoms with Gasteiger partial charge in [-0.25, -0.2) is 4.79 Å². The number of para-hydroxylation sites is 1. The summed E-state index contributed by atoms with van der Waals surface area (Å²) in [6, 6.07) is 12.0. The van der Waals surface area contributed by atoms with Crippen LogP contribution in [-0.4, -0.2) is 22.9 Å². The molecule has 0 saturated carbocycles. The van der Waals surface area contributed by atoms with E-state index < -0.39 is 22.9 Å². The molecule has 0 fully saturated rings. The Labute approximate surface area is 157 Å². The summed E-state index contributed by atoms with van der Waals surface area (Å²) in [7, 11) is 0.